The molecule has 2 amide bonds. The zero-order chi connectivity index (χ0) is 38.2. The zero-order valence-electron chi connectivity index (χ0n) is 29.1. The molecule has 4 aromatic carbocycles. The molecule has 2 aliphatic rings. The molecule has 8 rings (SSSR count). The number of hydrogen-bond donors (Lipinski definition) is 3. The standard InChI is InChI=1S/C40H32Br2FN7O5/c41-23-8-11-31-28(20-23)35(39(53)45-31)37-36(29-21-24(42)9-12-32(29)44-37)48-55-17-3-6-34(51)49-13-15-50(16-14-49)40(54)27-18-22(7-10-30(27)43)19-33-25-4-1-2-5-26(25)38(52)47-46-33/h1-2,4-5,7-12,18,20-21,45,53H,3,6,13-17,19H2,(H,47,52)/b48-36+. The number of carbonyl (C=O) groups is 2. The van der Waals surface area contributed by atoms with Crippen LogP contribution in [0.5, 0.6) is 5.88 Å². The van der Waals surface area contributed by atoms with Gasteiger partial charge in [0.05, 0.1) is 27.9 Å². The first-order valence-corrected chi connectivity index (χ1v) is 19.1. The molecular formula is C40H32Br2FN7O5. The lowest BCUT2D eigenvalue weighted by Crippen LogP contribution is -2.50. The van der Waals surface area contributed by atoms with Crippen LogP contribution in [0.3, 0.4) is 0 Å². The molecule has 278 valence electrons. The number of amides is 2. The number of halogens is 3. The summed E-state index contributed by atoms with van der Waals surface area (Å²) in [6, 6.07) is 22.8. The highest BCUT2D eigenvalue weighted by Gasteiger charge is 2.30. The summed E-state index contributed by atoms with van der Waals surface area (Å²) in [6.45, 7) is 1.32. The summed E-state index contributed by atoms with van der Waals surface area (Å²) in [4.78, 5) is 55.6. The highest BCUT2D eigenvalue weighted by Crippen LogP contribution is 2.37. The largest absolute Gasteiger partial charge is 0.494 e. The molecule has 1 fully saturated rings. The first-order chi connectivity index (χ1) is 26.6. The summed E-state index contributed by atoms with van der Waals surface area (Å²) in [5.74, 6) is -1.20. The Balaban J connectivity index is 0.871. The topological polar surface area (TPSA) is 156 Å². The summed E-state index contributed by atoms with van der Waals surface area (Å²) < 4.78 is 16.7. The van der Waals surface area contributed by atoms with Crippen molar-refractivity contribution in [2.45, 2.75) is 19.3 Å². The first kappa shape index (κ1) is 36.3. The van der Waals surface area contributed by atoms with Crippen LogP contribution >= 0.6 is 31.9 Å². The molecule has 0 saturated carbocycles. The van der Waals surface area contributed by atoms with E-state index in [0.29, 0.717) is 70.6 Å². The zero-order valence-corrected chi connectivity index (χ0v) is 32.3. The van der Waals surface area contributed by atoms with Crippen molar-refractivity contribution in [1.29, 1.82) is 0 Å². The van der Waals surface area contributed by atoms with Crippen molar-refractivity contribution in [1.82, 2.24) is 25.0 Å². The van der Waals surface area contributed by atoms with Crippen LogP contribution in [0.25, 0.3) is 21.7 Å². The summed E-state index contributed by atoms with van der Waals surface area (Å²) in [6.07, 6.45) is 0.904. The van der Waals surface area contributed by atoms with Crippen molar-refractivity contribution in [3.05, 3.63) is 132 Å². The van der Waals surface area contributed by atoms with Crippen LogP contribution < -0.4 is 5.56 Å². The summed E-state index contributed by atoms with van der Waals surface area (Å²) >= 11 is 7.03. The van der Waals surface area contributed by atoms with Gasteiger partial charge in [-0.15, -0.1) is 0 Å². The minimum absolute atomic E-state index is 0.0357. The molecule has 1 saturated heterocycles. The van der Waals surface area contributed by atoms with Crippen LogP contribution in [0.1, 0.15) is 45.6 Å². The molecule has 0 radical (unpaired) electrons. The first-order valence-electron chi connectivity index (χ1n) is 17.6. The molecule has 12 nitrogen and oxygen atoms in total. The molecule has 0 spiro atoms. The fraction of sp³-hybridized carbons (Fsp3) is 0.200. The van der Waals surface area contributed by atoms with Gasteiger partial charge in [0.2, 0.25) is 5.91 Å². The Bertz CT molecular complexity index is 2630. The summed E-state index contributed by atoms with van der Waals surface area (Å²) in [7, 11) is 0. The average Bonchev–Trinajstić information content (AvgIpc) is 3.71. The number of rotatable bonds is 9. The highest BCUT2D eigenvalue weighted by molar-refractivity contribution is 9.10. The van der Waals surface area contributed by atoms with Gasteiger partial charge in [-0.3, -0.25) is 14.4 Å². The predicted octanol–water partition coefficient (Wildman–Crippen LogP) is 6.98. The van der Waals surface area contributed by atoms with Gasteiger partial charge in [0, 0.05) is 69.8 Å². The van der Waals surface area contributed by atoms with Crippen LogP contribution in [0.4, 0.5) is 10.1 Å². The van der Waals surface area contributed by atoms with Crippen LogP contribution in [-0.2, 0) is 16.1 Å². The van der Waals surface area contributed by atoms with Gasteiger partial charge in [-0.2, -0.15) is 5.10 Å². The predicted molar refractivity (Wildman–Crippen MR) is 214 cm³/mol. The fourth-order valence-electron chi connectivity index (χ4n) is 6.98. The molecule has 15 heteroatoms. The lowest BCUT2D eigenvalue weighted by atomic mass is 10.0. The number of nitrogens with one attached hydrogen (secondary N) is 2. The van der Waals surface area contributed by atoms with E-state index >= 15 is 0 Å². The molecule has 0 unspecified atom stereocenters. The number of hydrogen-bond acceptors (Lipinski definition) is 8. The maximum Gasteiger partial charge on any atom is 0.272 e. The van der Waals surface area contributed by atoms with E-state index in [1.54, 1.807) is 28.0 Å². The molecule has 6 aromatic rings. The molecule has 4 heterocycles. The van der Waals surface area contributed by atoms with Crippen molar-refractivity contribution < 1.29 is 23.9 Å². The van der Waals surface area contributed by atoms with E-state index in [1.165, 1.54) is 12.1 Å². The minimum atomic E-state index is -0.631. The van der Waals surface area contributed by atoms with Gasteiger partial charge in [-0.1, -0.05) is 61.3 Å². The summed E-state index contributed by atoms with van der Waals surface area (Å²) in [5, 5.41) is 24.0. The molecule has 2 aliphatic heterocycles. The van der Waals surface area contributed by atoms with Crippen LogP contribution in [0.15, 0.2) is 103 Å². The number of aromatic amines is 2. The SMILES string of the molecule is O=C(CCCO/N=C1/C(c2c(O)[nH]c3ccc(Br)cc23)=Nc2ccc(Br)cc21)N1CCN(C(=O)c2cc(Cc3n[nH]c(=O)c4ccccc34)ccc2F)CC1. The van der Waals surface area contributed by atoms with Crippen LogP contribution in [-0.4, -0.2) is 86.1 Å². The third-order valence-corrected chi connectivity index (χ3v) is 10.7. The Morgan fingerprint density at radius 2 is 1.65 bits per heavy atom. The molecule has 55 heavy (non-hydrogen) atoms. The minimum Gasteiger partial charge on any atom is -0.494 e. The maximum atomic E-state index is 15.0. The fourth-order valence-corrected chi connectivity index (χ4v) is 7.71. The van der Waals surface area contributed by atoms with Gasteiger partial charge in [0.25, 0.3) is 11.5 Å². The lowest BCUT2D eigenvalue weighted by Gasteiger charge is -2.35. The van der Waals surface area contributed by atoms with Crippen LogP contribution in [0, 0.1) is 5.82 Å². The molecule has 3 N–H and O–H groups in total. The quantitative estimate of drug-likeness (QED) is 0.105. The van der Waals surface area contributed by atoms with Gasteiger partial charge < -0.3 is 24.7 Å². The Morgan fingerprint density at radius 3 is 2.47 bits per heavy atom. The van der Waals surface area contributed by atoms with E-state index < -0.39 is 11.7 Å². The third-order valence-electron chi connectivity index (χ3n) is 9.76. The normalized spacial score (nSPS) is 14.8. The van der Waals surface area contributed by atoms with E-state index in [0.717, 1.165) is 25.4 Å². The Kier molecular flexibility index (Phi) is 10.1. The molecule has 0 atom stereocenters. The van der Waals surface area contributed by atoms with Crippen molar-refractivity contribution in [2.24, 2.45) is 10.1 Å². The second-order valence-corrected chi connectivity index (χ2v) is 15.1. The lowest BCUT2D eigenvalue weighted by molar-refractivity contribution is -0.133. The Hall–Kier alpha value is -5.67. The average molecular weight is 870 g/mol. The van der Waals surface area contributed by atoms with Gasteiger partial charge in [0.15, 0.2) is 5.88 Å². The number of aromatic hydroxyl groups is 1. The molecule has 2 aromatic heterocycles. The number of aromatic nitrogens is 3. The van der Waals surface area contributed by atoms with Crippen molar-refractivity contribution in [3.63, 3.8) is 0 Å². The molecular weight excluding hydrogens is 837 g/mol. The third kappa shape index (κ3) is 7.29. The number of fused-ring (bicyclic) bond motifs is 3. The maximum absolute atomic E-state index is 15.0. The van der Waals surface area contributed by atoms with E-state index in [-0.39, 0.29) is 49.0 Å². The number of benzene rings is 4. The monoisotopic (exact) mass is 867 g/mol. The number of nitrogens with zero attached hydrogens (tertiary/aromatic N) is 5. The number of H-pyrrole nitrogens is 2. The van der Waals surface area contributed by atoms with Gasteiger partial charge >= 0.3 is 0 Å². The van der Waals surface area contributed by atoms with E-state index in [4.69, 9.17) is 9.83 Å². The molecule has 0 bridgehead atoms. The van der Waals surface area contributed by atoms with E-state index in [2.05, 4.69) is 52.2 Å². The van der Waals surface area contributed by atoms with Crippen LogP contribution in [0.2, 0.25) is 0 Å². The van der Waals surface area contributed by atoms with Gasteiger partial charge in [-0.25, -0.2) is 14.5 Å². The number of piperazine rings is 1. The Labute approximate surface area is 330 Å². The van der Waals surface area contributed by atoms with Gasteiger partial charge in [-0.05, 0) is 66.6 Å². The van der Waals surface area contributed by atoms with E-state index in [1.807, 2.05) is 48.5 Å². The second-order valence-electron chi connectivity index (χ2n) is 13.2. The number of oxime groups is 1. The smallest absolute Gasteiger partial charge is 0.272 e. The second kappa shape index (κ2) is 15.2. The Morgan fingerprint density at radius 1 is 0.909 bits per heavy atom. The highest BCUT2D eigenvalue weighted by atomic mass is 79.9. The number of carbonyl (C=O) groups excluding carboxylic acids is 2. The van der Waals surface area contributed by atoms with Gasteiger partial charge in [0.1, 0.15) is 23.8 Å². The number of aliphatic imine (C=N–C) groups is 1. The van der Waals surface area contributed by atoms with Crippen molar-refractivity contribution in [3.8, 4) is 5.88 Å². The summed E-state index contributed by atoms with van der Waals surface area (Å²) in [5.41, 5.74) is 4.53. The van der Waals surface area contributed by atoms with Crippen molar-refractivity contribution in [2.75, 3.05) is 32.8 Å². The van der Waals surface area contributed by atoms with E-state index in [9.17, 15) is 23.9 Å². The molecule has 0 aliphatic carbocycles. The van der Waals surface area contributed by atoms with Crippen molar-refractivity contribution >= 4 is 82.5 Å².